The molecule has 2 N–H and O–H groups in total. The Kier molecular flexibility index (Phi) is 10.8. The van der Waals surface area contributed by atoms with E-state index in [2.05, 4.69) is 40.6 Å². The molecule has 3 aliphatic rings. The summed E-state index contributed by atoms with van der Waals surface area (Å²) in [7, 11) is -0.871. The Morgan fingerprint density at radius 3 is 2.33 bits per heavy atom. The van der Waals surface area contributed by atoms with Crippen LogP contribution in [0, 0.1) is 25.6 Å². The fourth-order valence-electron chi connectivity index (χ4n) is 10.7. The number of imidazole rings is 1. The SMILES string of the molecule is CCP(=O)(CC)c1ccc(-n2ccn(-c3c4c(nn3-c3cc(C)c(F)c(C)c3)CCN(C(=O)c3cc5cc(C6CCOCC6)ccc5n3[C@@]3(c5noc(=O)[nH]5)C[C@@H]3C)[C@H]4C)c2=O)cc1NC. The summed E-state index contributed by atoms with van der Waals surface area (Å²) in [4.78, 5) is 47.4. The number of ether oxygens (including phenoxy) is 1. The number of hydrogen-bond donors (Lipinski definition) is 2. The molecule has 1 saturated carbocycles. The molecule has 2 aliphatic heterocycles. The highest BCUT2D eigenvalue weighted by molar-refractivity contribution is 7.71. The summed E-state index contributed by atoms with van der Waals surface area (Å²) in [5, 5.41) is 14.2. The second-order valence-electron chi connectivity index (χ2n) is 18.3. The van der Waals surface area contributed by atoms with E-state index in [9.17, 15) is 14.2 Å². The third-order valence-electron chi connectivity index (χ3n) is 14.6. The van der Waals surface area contributed by atoms with Crippen molar-refractivity contribution in [3.8, 4) is 17.2 Å². The van der Waals surface area contributed by atoms with Gasteiger partial charge < -0.3 is 24.1 Å². The quantitative estimate of drug-likeness (QED) is 0.124. The van der Waals surface area contributed by atoms with Crippen LogP contribution in [-0.4, -0.2) is 83.6 Å². The molecule has 1 aliphatic carbocycles. The Morgan fingerprint density at radius 2 is 1.68 bits per heavy atom. The summed E-state index contributed by atoms with van der Waals surface area (Å²) < 4.78 is 46.5. The Balaban J connectivity index is 1.11. The molecule has 1 saturated heterocycles. The number of rotatable bonds is 11. The number of anilines is 1. The minimum Gasteiger partial charge on any atom is -0.387 e. The second-order valence-corrected chi connectivity index (χ2v) is 21.8. The number of benzene rings is 3. The van der Waals surface area contributed by atoms with Gasteiger partial charge in [0.25, 0.3) is 5.91 Å². The van der Waals surface area contributed by atoms with Crippen molar-refractivity contribution in [2.24, 2.45) is 5.92 Å². The number of fused-ring (bicyclic) bond motifs is 2. The van der Waals surface area contributed by atoms with Crippen molar-refractivity contribution in [2.75, 3.05) is 44.4 Å². The number of amides is 1. The average molecular weight is 916 g/mol. The molecule has 66 heavy (non-hydrogen) atoms. The molecule has 0 radical (unpaired) electrons. The maximum absolute atomic E-state index is 15.5. The van der Waals surface area contributed by atoms with Gasteiger partial charge in [0.2, 0.25) is 0 Å². The van der Waals surface area contributed by atoms with E-state index in [0.29, 0.717) is 108 Å². The van der Waals surface area contributed by atoms with Crippen molar-refractivity contribution in [1.29, 1.82) is 0 Å². The molecule has 0 bridgehead atoms. The first-order chi connectivity index (χ1) is 31.7. The standard InChI is InChI=1S/C49H55FN9O6P/c1-8-66(63,9-2)41-13-11-35(26-38(41)51-7)56-18-19-57(48(56)62)44-42-31(6)55(17-14-37(42)53-59(44)36-22-28(3)43(50)29(4)23-36)45(60)40-25-34-24-33(32-15-20-64-21-16-32)10-12-39(34)58(40)49(27-30(49)5)46-52-47(61)65-54-46/h10-13,18-19,22-26,30-32,51H,8-9,14-17,20-21,27H2,1-7H3,(H,52,54,61)/t30-,31-,49-/m0/s1. The molecule has 15 nitrogen and oxygen atoms in total. The lowest BCUT2D eigenvalue weighted by atomic mass is 9.91. The van der Waals surface area contributed by atoms with Crippen LogP contribution in [0.5, 0.6) is 0 Å². The first-order valence-corrected chi connectivity index (χ1v) is 25.0. The van der Waals surface area contributed by atoms with Crippen molar-refractivity contribution in [3.05, 3.63) is 133 Å². The largest absolute Gasteiger partial charge is 0.438 e. The molecule has 17 heteroatoms. The molecule has 2 fully saturated rings. The molecule has 344 valence electrons. The van der Waals surface area contributed by atoms with E-state index < -0.39 is 24.5 Å². The minimum atomic E-state index is -2.65. The van der Waals surface area contributed by atoms with Crippen LogP contribution in [0.15, 0.2) is 81.1 Å². The summed E-state index contributed by atoms with van der Waals surface area (Å²) in [6.45, 7) is 13.0. The van der Waals surface area contributed by atoms with Gasteiger partial charge in [0.1, 0.15) is 30.0 Å². The zero-order chi connectivity index (χ0) is 46.4. The average Bonchev–Trinajstić information content (AvgIpc) is 3.82. The molecule has 0 unspecified atom stereocenters. The number of halogens is 1. The van der Waals surface area contributed by atoms with Gasteiger partial charge in [-0.1, -0.05) is 32.0 Å². The lowest BCUT2D eigenvalue weighted by Gasteiger charge is -2.34. The van der Waals surface area contributed by atoms with Gasteiger partial charge in [-0.25, -0.2) is 18.7 Å². The summed E-state index contributed by atoms with van der Waals surface area (Å²) in [6.07, 6.45) is 7.25. The van der Waals surface area contributed by atoms with Gasteiger partial charge in [-0.15, -0.1) is 0 Å². The number of carbonyl (C=O) groups excluding carboxylic acids is 1. The van der Waals surface area contributed by atoms with Gasteiger partial charge in [-0.3, -0.25) is 23.4 Å². The van der Waals surface area contributed by atoms with Crippen LogP contribution in [0.1, 0.15) is 103 Å². The van der Waals surface area contributed by atoms with Gasteiger partial charge >= 0.3 is 11.4 Å². The second kappa shape index (κ2) is 16.3. The summed E-state index contributed by atoms with van der Waals surface area (Å²) >= 11 is 0. The fourth-order valence-corrected chi connectivity index (χ4v) is 12.8. The third kappa shape index (κ3) is 6.77. The van der Waals surface area contributed by atoms with Gasteiger partial charge in [0.15, 0.2) is 5.82 Å². The van der Waals surface area contributed by atoms with Gasteiger partial charge in [0, 0.05) is 85.4 Å². The number of aryl methyl sites for hydroxylation is 2. The zero-order valence-electron chi connectivity index (χ0n) is 38.4. The number of aromatic amines is 1. The third-order valence-corrected chi connectivity index (χ3v) is 17.9. The molecule has 6 heterocycles. The smallest absolute Gasteiger partial charge is 0.387 e. The van der Waals surface area contributed by atoms with Crippen molar-refractivity contribution >= 4 is 34.9 Å². The van der Waals surface area contributed by atoms with Crippen molar-refractivity contribution < 1.29 is 23.0 Å². The lowest BCUT2D eigenvalue weighted by Crippen LogP contribution is -2.41. The van der Waals surface area contributed by atoms with Crippen LogP contribution >= 0.6 is 7.14 Å². The summed E-state index contributed by atoms with van der Waals surface area (Å²) in [5.41, 5.74) is 5.36. The maximum atomic E-state index is 15.5. The van der Waals surface area contributed by atoms with Gasteiger partial charge in [0.05, 0.1) is 23.1 Å². The summed E-state index contributed by atoms with van der Waals surface area (Å²) in [6, 6.07) is 16.7. The van der Waals surface area contributed by atoms with Gasteiger partial charge in [-0.2, -0.15) is 5.10 Å². The number of carbonyl (C=O) groups is 1. The highest BCUT2D eigenvalue weighted by Gasteiger charge is 2.59. The Hall–Kier alpha value is -6.25. The molecule has 3 atom stereocenters. The summed E-state index contributed by atoms with van der Waals surface area (Å²) in [5.74, 6) is -0.0535. The van der Waals surface area contributed by atoms with Crippen molar-refractivity contribution in [2.45, 2.75) is 84.7 Å². The van der Waals surface area contributed by atoms with E-state index in [4.69, 9.17) is 14.4 Å². The first kappa shape index (κ1) is 43.6. The maximum Gasteiger partial charge on any atom is 0.438 e. The molecular weight excluding hydrogens is 861 g/mol. The molecule has 10 rings (SSSR count). The van der Waals surface area contributed by atoms with Crippen LogP contribution in [0.25, 0.3) is 28.1 Å². The lowest BCUT2D eigenvalue weighted by molar-refractivity contribution is 0.0663. The Morgan fingerprint density at radius 1 is 0.970 bits per heavy atom. The van der Waals surface area contributed by atoms with Crippen molar-refractivity contribution in [3.63, 3.8) is 0 Å². The molecule has 7 aromatic rings. The predicted molar refractivity (Wildman–Crippen MR) is 252 cm³/mol. The normalized spacial score (nSPS) is 20.0. The monoisotopic (exact) mass is 915 g/mol. The number of nitrogens with one attached hydrogen (secondary N) is 2. The van der Waals surface area contributed by atoms with E-state index in [0.717, 1.165) is 29.0 Å². The molecule has 1 amide bonds. The van der Waals surface area contributed by atoms with Crippen LogP contribution in [0.2, 0.25) is 0 Å². The topological polar surface area (TPSA) is 167 Å². The molecular formula is C49H55FN9O6P. The van der Waals surface area contributed by atoms with Gasteiger partial charge in [-0.05, 0) is 117 Å². The number of nitrogens with zero attached hydrogens (tertiary/aromatic N) is 7. The Bertz CT molecular complexity index is 3210. The first-order valence-electron chi connectivity index (χ1n) is 22.9. The number of H-pyrrole nitrogens is 1. The van der Waals surface area contributed by atoms with E-state index in [1.54, 1.807) is 50.1 Å². The molecule has 0 spiro atoms. The van der Waals surface area contributed by atoms with Crippen LogP contribution in [0.4, 0.5) is 10.1 Å². The molecule has 4 aromatic heterocycles. The fraction of sp³-hybridized carbons (Fsp3) is 0.408. The number of hydrogen-bond acceptors (Lipinski definition) is 9. The van der Waals surface area contributed by atoms with Crippen molar-refractivity contribution in [1.82, 2.24) is 38.5 Å². The van der Waals surface area contributed by atoms with E-state index >= 15 is 9.18 Å². The van der Waals surface area contributed by atoms with Crippen LogP contribution < -0.4 is 22.1 Å². The molecule has 3 aromatic carbocycles. The van der Waals surface area contributed by atoms with E-state index in [1.165, 1.54) is 14.7 Å². The zero-order valence-corrected chi connectivity index (χ0v) is 39.2. The highest BCUT2D eigenvalue weighted by atomic mass is 31.2. The van der Waals surface area contributed by atoms with Crippen LogP contribution in [0.3, 0.4) is 0 Å². The number of aromatic nitrogens is 7. The van der Waals surface area contributed by atoms with E-state index in [1.807, 2.05) is 54.5 Å². The van der Waals surface area contributed by atoms with E-state index in [-0.39, 0.29) is 23.3 Å². The Labute approximate surface area is 380 Å². The van der Waals surface area contributed by atoms with Crippen LogP contribution in [-0.2, 0) is 21.3 Å². The highest BCUT2D eigenvalue weighted by Crippen LogP contribution is 2.56. The predicted octanol–water partition coefficient (Wildman–Crippen LogP) is 7.71. The minimum absolute atomic E-state index is 0.0208.